The van der Waals surface area contributed by atoms with Crippen LogP contribution in [0, 0.1) is 0 Å². The topological polar surface area (TPSA) is 105 Å². The molecule has 1 aromatic rings. The Balaban J connectivity index is 0.00000625. The summed E-state index contributed by atoms with van der Waals surface area (Å²) in [5.74, 6) is -0.119. The second-order valence-corrected chi connectivity index (χ2v) is 8.18. The lowest BCUT2D eigenvalue weighted by atomic mass is 10.1. The van der Waals surface area contributed by atoms with Gasteiger partial charge in [-0.05, 0) is 44.5 Å². The minimum absolute atomic E-state index is 0. The summed E-state index contributed by atoms with van der Waals surface area (Å²) in [4.78, 5) is 12.3. The molecule has 0 aliphatic rings. The SMILES string of the molecule is CCNc1ccc(S(=O)(=O)N(C)C)cc1NC(=O)CCCCCCN.Cl. The van der Waals surface area contributed by atoms with E-state index in [1.807, 2.05) is 6.92 Å². The third-order valence-electron chi connectivity index (χ3n) is 3.77. The maximum atomic E-state index is 12.3. The fourth-order valence-electron chi connectivity index (χ4n) is 2.34. The number of unbranched alkanes of at least 4 members (excludes halogenated alkanes) is 3. The Morgan fingerprint density at radius 3 is 2.35 bits per heavy atom. The van der Waals surface area contributed by atoms with E-state index in [1.165, 1.54) is 26.2 Å². The van der Waals surface area contributed by atoms with Crippen LogP contribution in [0.15, 0.2) is 23.1 Å². The van der Waals surface area contributed by atoms with E-state index in [1.54, 1.807) is 6.07 Å². The van der Waals surface area contributed by atoms with E-state index < -0.39 is 10.0 Å². The van der Waals surface area contributed by atoms with E-state index in [0.717, 1.165) is 30.0 Å². The predicted octanol–water partition coefficient (Wildman–Crippen LogP) is 2.64. The van der Waals surface area contributed by atoms with E-state index in [-0.39, 0.29) is 23.2 Å². The monoisotopic (exact) mass is 406 g/mol. The van der Waals surface area contributed by atoms with Crippen molar-refractivity contribution in [2.45, 2.75) is 43.9 Å². The number of nitrogens with one attached hydrogen (secondary N) is 2. The standard InChI is InChI=1S/C17H30N4O3S.ClH/c1-4-19-15-11-10-14(25(23,24)21(2)3)13-16(15)20-17(22)9-7-5-6-8-12-18;/h10-11,13,19H,4-9,12,18H2,1-3H3,(H,20,22);1H. The molecule has 1 aromatic carbocycles. The lowest BCUT2D eigenvalue weighted by Crippen LogP contribution is -2.22. The summed E-state index contributed by atoms with van der Waals surface area (Å²) in [6.45, 7) is 3.28. The average Bonchev–Trinajstić information content (AvgIpc) is 2.56. The molecule has 0 aliphatic heterocycles. The molecule has 0 aromatic heterocycles. The van der Waals surface area contributed by atoms with Crippen molar-refractivity contribution in [1.82, 2.24) is 4.31 Å². The molecule has 0 saturated carbocycles. The van der Waals surface area contributed by atoms with Gasteiger partial charge in [0.05, 0.1) is 16.3 Å². The highest BCUT2D eigenvalue weighted by molar-refractivity contribution is 7.89. The highest BCUT2D eigenvalue weighted by Crippen LogP contribution is 2.27. The highest BCUT2D eigenvalue weighted by Gasteiger charge is 2.19. The minimum atomic E-state index is -3.55. The van der Waals surface area contributed by atoms with Gasteiger partial charge in [-0.2, -0.15) is 0 Å². The van der Waals surface area contributed by atoms with E-state index in [9.17, 15) is 13.2 Å². The summed E-state index contributed by atoms with van der Waals surface area (Å²) in [7, 11) is -0.593. The molecule has 0 spiro atoms. The van der Waals surface area contributed by atoms with Crippen LogP contribution in [-0.4, -0.2) is 45.8 Å². The van der Waals surface area contributed by atoms with Gasteiger partial charge in [-0.1, -0.05) is 12.8 Å². The lowest BCUT2D eigenvalue weighted by Gasteiger charge is -2.16. The number of hydrogen-bond acceptors (Lipinski definition) is 5. The molecular formula is C17H31ClN4O3S. The Bertz CT molecular complexity index is 666. The molecule has 0 saturated heterocycles. The molecule has 0 aliphatic carbocycles. The molecule has 0 radical (unpaired) electrons. The van der Waals surface area contributed by atoms with Crippen molar-refractivity contribution < 1.29 is 13.2 Å². The summed E-state index contributed by atoms with van der Waals surface area (Å²) in [6.07, 6.45) is 4.14. The van der Waals surface area contributed by atoms with Crippen LogP contribution < -0.4 is 16.4 Å². The molecule has 26 heavy (non-hydrogen) atoms. The van der Waals surface area contributed by atoms with Crippen molar-refractivity contribution in [3.8, 4) is 0 Å². The number of sulfonamides is 1. The van der Waals surface area contributed by atoms with Gasteiger partial charge < -0.3 is 16.4 Å². The van der Waals surface area contributed by atoms with E-state index in [2.05, 4.69) is 10.6 Å². The van der Waals surface area contributed by atoms with E-state index in [0.29, 0.717) is 30.9 Å². The maximum Gasteiger partial charge on any atom is 0.242 e. The second kappa shape index (κ2) is 12.1. The Hall–Kier alpha value is -1.35. The van der Waals surface area contributed by atoms with Crippen LogP contribution >= 0.6 is 12.4 Å². The molecule has 4 N–H and O–H groups in total. The van der Waals surface area contributed by atoms with Crippen molar-refractivity contribution >= 4 is 39.7 Å². The summed E-state index contributed by atoms with van der Waals surface area (Å²) in [5, 5.41) is 5.96. The molecule has 1 amide bonds. The van der Waals surface area contributed by atoms with Gasteiger partial charge in [0.15, 0.2) is 0 Å². The molecule has 1 rings (SSSR count). The third kappa shape index (κ3) is 7.49. The van der Waals surface area contributed by atoms with Crippen LogP contribution in [0.2, 0.25) is 0 Å². The van der Waals surface area contributed by atoms with Crippen LogP contribution in [0.1, 0.15) is 39.0 Å². The zero-order valence-electron chi connectivity index (χ0n) is 15.7. The number of carbonyl (C=O) groups excluding carboxylic acids is 1. The molecule has 7 nitrogen and oxygen atoms in total. The molecule has 0 fully saturated rings. The molecule has 9 heteroatoms. The fraction of sp³-hybridized carbons (Fsp3) is 0.588. The van der Waals surface area contributed by atoms with Crippen molar-refractivity contribution in [3.63, 3.8) is 0 Å². The molecular weight excluding hydrogens is 376 g/mol. The summed E-state index contributed by atoms with van der Waals surface area (Å²) in [6, 6.07) is 4.71. The Morgan fingerprint density at radius 2 is 1.77 bits per heavy atom. The van der Waals surface area contributed by atoms with Crippen LogP contribution in [0.3, 0.4) is 0 Å². The molecule has 0 unspecified atom stereocenters. The van der Waals surface area contributed by atoms with Crippen molar-refractivity contribution in [1.29, 1.82) is 0 Å². The van der Waals surface area contributed by atoms with Crippen LogP contribution in [0.25, 0.3) is 0 Å². The summed E-state index contributed by atoms with van der Waals surface area (Å²) < 4.78 is 25.7. The summed E-state index contributed by atoms with van der Waals surface area (Å²) >= 11 is 0. The van der Waals surface area contributed by atoms with Crippen LogP contribution in [0.4, 0.5) is 11.4 Å². The number of carbonyl (C=O) groups is 1. The third-order valence-corrected chi connectivity index (χ3v) is 5.58. The van der Waals surface area contributed by atoms with Crippen molar-refractivity contribution in [2.75, 3.05) is 37.8 Å². The number of anilines is 2. The average molecular weight is 407 g/mol. The lowest BCUT2D eigenvalue weighted by molar-refractivity contribution is -0.116. The van der Waals surface area contributed by atoms with Gasteiger partial charge in [0.2, 0.25) is 15.9 Å². The van der Waals surface area contributed by atoms with Crippen LogP contribution in [0.5, 0.6) is 0 Å². The first-order valence-electron chi connectivity index (χ1n) is 8.63. The first-order chi connectivity index (χ1) is 11.8. The molecule has 0 atom stereocenters. The second-order valence-electron chi connectivity index (χ2n) is 6.03. The van der Waals surface area contributed by atoms with Gasteiger partial charge in [0.1, 0.15) is 0 Å². The zero-order valence-corrected chi connectivity index (χ0v) is 17.4. The number of hydrogen-bond donors (Lipinski definition) is 3. The molecule has 150 valence electrons. The largest absolute Gasteiger partial charge is 0.384 e. The quantitative estimate of drug-likeness (QED) is 0.490. The fourth-order valence-corrected chi connectivity index (χ4v) is 3.27. The first kappa shape index (κ1) is 24.7. The van der Waals surface area contributed by atoms with Gasteiger partial charge in [-0.25, -0.2) is 12.7 Å². The first-order valence-corrected chi connectivity index (χ1v) is 10.1. The number of halogens is 1. The van der Waals surface area contributed by atoms with Gasteiger partial charge in [0.25, 0.3) is 0 Å². The van der Waals surface area contributed by atoms with Gasteiger partial charge in [0, 0.05) is 27.1 Å². The zero-order chi connectivity index (χ0) is 18.9. The predicted molar refractivity (Wildman–Crippen MR) is 109 cm³/mol. The number of nitrogens with two attached hydrogens (primary N) is 1. The molecule has 0 heterocycles. The van der Waals surface area contributed by atoms with Gasteiger partial charge in [-0.3, -0.25) is 4.79 Å². The highest BCUT2D eigenvalue weighted by atomic mass is 35.5. The van der Waals surface area contributed by atoms with Gasteiger partial charge in [-0.15, -0.1) is 12.4 Å². The number of nitrogens with zero attached hydrogens (tertiary/aromatic N) is 1. The normalized spacial score (nSPS) is 11.1. The van der Waals surface area contributed by atoms with Crippen LogP contribution in [-0.2, 0) is 14.8 Å². The smallest absolute Gasteiger partial charge is 0.242 e. The Labute approximate surface area is 163 Å². The van der Waals surface area contributed by atoms with Gasteiger partial charge >= 0.3 is 0 Å². The van der Waals surface area contributed by atoms with E-state index >= 15 is 0 Å². The number of rotatable bonds is 11. The number of amides is 1. The maximum absolute atomic E-state index is 12.3. The van der Waals surface area contributed by atoms with Crippen molar-refractivity contribution in [2.24, 2.45) is 5.73 Å². The number of benzene rings is 1. The molecule has 0 bridgehead atoms. The summed E-state index contributed by atoms with van der Waals surface area (Å²) in [5.41, 5.74) is 6.64. The minimum Gasteiger partial charge on any atom is -0.384 e. The Morgan fingerprint density at radius 1 is 1.12 bits per heavy atom. The Kier molecular flexibility index (Phi) is 11.5. The van der Waals surface area contributed by atoms with Crippen molar-refractivity contribution in [3.05, 3.63) is 18.2 Å². The van der Waals surface area contributed by atoms with E-state index in [4.69, 9.17) is 5.73 Å².